The molecule has 0 atom stereocenters. The highest BCUT2D eigenvalue weighted by atomic mass is 19.1. The van der Waals surface area contributed by atoms with Gasteiger partial charge in [0.2, 0.25) is 11.8 Å². The maximum atomic E-state index is 13.9. The predicted molar refractivity (Wildman–Crippen MR) is 88.0 cm³/mol. The van der Waals surface area contributed by atoms with Crippen LogP contribution >= 0.6 is 0 Å². The summed E-state index contributed by atoms with van der Waals surface area (Å²) in [7, 11) is 0. The van der Waals surface area contributed by atoms with Gasteiger partial charge in [-0.2, -0.15) is 0 Å². The number of hydrogen-bond donors (Lipinski definition) is 3. The second kappa shape index (κ2) is 6.70. The first-order chi connectivity index (χ1) is 12.0. The molecule has 5 N–H and O–H groups in total. The highest BCUT2D eigenvalue weighted by Crippen LogP contribution is 2.31. The number of rotatable bonds is 5. The highest BCUT2D eigenvalue weighted by Gasteiger charge is 2.23. The van der Waals surface area contributed by atoms with E-state index in [0.717, 1.165) is 17.7 Å². The number of carbonyl (C=O) groups is 1. The van der Waals surface area contributed by atoms with E-state index in [2.05, 4.69) is 10.3 Å². The molecule has 25 heavy (non-hydrogen) atoms. The van der Waals surface area contributed by atoms with Crippen LogP contribution in [0.2, 0.25) is 0 Å². The highest BCUT2D eigenvalue weighted by molar-refractivity contribution is 5.96. The summed E-state index contributed by atoms with van der Waals surface area (Å²) < 4.78 is 33.2. The Morgan fingerprint density at radius 2 is 1.76 bits per heavy atom. The Balaban J connectivity index is 2.01. The number of halogens is 2. The largest absolute Gasteiger partial charge is 0.419 e. The number of nitrogens with one attached hydrogen (secondary N) is 1. The van der Waals surface area contributed by atoms with Crippen molar-refractivity contribution in [2.75, 3.05) is 5.32 Å². The fourth-order valence-corrected chi connectivity index (χ4v) is 2.24. The Morgan fingerprint density at radius 1 is 1.12 bits per heavy atom. The minimum Gasteiger partial charge on any atom is -0.419 e. The first-order valence-corrected chi connectivity index (χ1v) is 7.30. The van der Waals surface area contributed by atoms with Gasteiger partial charge in [0.25, 0.3) is 5.91 Å². The van der Waals surface area contributed by atoms with Crippen molar-refractivity contribution in [3.63, 3.8) is 0 Å². The van der Waals surface area contributed by atoms with Crippen LogP contribution in [0.3, 0.4) is 0 Å². The van der Waals surface area contributed by atoms with Crippen LogP contribution in [0.4, 0.5) is 20.4 Å². The number of aromatic nitrogens is 1. The van der Waals surface area contributed by atoms with Crippen LogP contribution in [0.5, 0.6) is 0 Å². The molecule has 0 saturated heterocycles. The lowest BCUT2D eigenvalue weighted by Gasteiger charge is -2.05. The van der Waals surface area contributed by atoms with Crippen LogP contribution in [0.25, 0.3) is 11.5 Å². The number of primary amides is 1. The number of nitrogens with two attached hydrogens (primary N) is 2. The quantitative estimate of drug-likeness (QED) is 0.660. The maximum absolute atomic E-state index is 13.9. The SMILES string of the molecule is NCc1ccc(Nc2oc(-c3c(F)cccc3F)nc2C(N)=O)cc1. The summed E-state index contributed by atoms with van der Waals surface area (Å²) in [5.41, 5.74) is 11.5. The lowest BCUT2D eigenvalue weighted by molar-refractivity contribution is 0.0996. The van der Waals surface area contributed by atoms with Gasteiger partial charge in [-0.15, -0.1) is 0 Å². The van der Waals surface area contributed by atoms with Crippen molar-refractivity contribution in [1.82, 2.24) is 4.98 Å². The van der Waals surface area contributed by atoms with Gasteiger partial charge in [-0.1, -0.05) is 18.2 Å². The summed E-state index contributed by atoms with van der Waals surface area (Å²) in [6.45, 7) is 0.381. The number of amides is 1. The van der Waals surface area contributed by atoms with Gasteiger partial charge < -0.3 is 21.2 Å². The van der Waals surface area contributed by atoms with Crippen molar-refractivity contribution in [2.45, 2.75) is 6.54 Å². The Hall–Kier alpha value is -3.26. The third-order valence-corrected chi connectivity index (χ3v) is 3.48. The molecular weight excluding hydrogens is 330 g/mol. The Morgan fingerprint density at radius 3 is 2.32 bits per heavy atom. The minimum atomic E-state index is -0.896. The van der Waals surface area contributed by atoms with E-state index in [4.69, 9.17) is 15.9 Å². The summed E-state index contributed by atoms with van der Waals surface area (Å²) in [5.74, 6) is -3.11. The molecule has 1 aromatic heterocycles. The molecule has 3 rings (SSSR count). The number of oxazole rings is 1. The van der Waals surface area contributed by atoms with Crippen LogP contribution in [0, 0.1) is 11.6 Å². The van der Waals surface area contributed by atoms with Gasteiger partial charge in [0.15, 0.2) is 5.69 Å². The molecule has 6 nitrogen and oxygen atoms in total. The zero-order chi connectivity index (χ0) is 18.0. The number of anilines is 2. The number of benzene rings is 2. The van der Waals surface area contributed by atoms with Crippen molar-refractivity contribution in [2.24, 2.45) is 11.5 Å². The molecule has 3 aromatic rings. The van der Waals surface area contributed by atoms with Crippen LogP contribution < -0.4 is 16.8 Å². The number of nitrogens with zero attached hydrogens (tertiary/aromatic N) is 1. The first-order valence-electron chi connectivity index (χ1n) is 7.30. The lowest BCUT2D eigenvalue weighted by atomic mass is 10.2. The third kappa shape index (κ3) is 3.33. The average molecular weight is 344 g/mol. The minimum absolute atomic E-state index is 0.106. The summed E-state index contributed by atoms with van der Waals surface area (Å²) in [6.07, 6.45) is 0. The molecule has 0 saturated carbocycles. The molecule has 0 unspecified atom stereocenters. The van der Waals surface area contributed by atoms with Gasteiger partial charge in [-0.25, -0.2) is 13.8 Å². The summed E-state index contributed by atoms with van der Waals surface area (Å²) in [4.78, 5) is 15.4. The molecule has 0 aliphatic rings. The van der Waals surface area contributed by atoms with Gasteiger partial charge in [-0.3, -0.25) is 4.79 Å². The summed E-state index contributed by atoms with van der Waals surface area (Å²) in [5, 5.41) is 2.82. The smallest absolute Gasteiger partial charge is 0.273 e. The lowest BCUT2D eigenvalue weighted by Crippen LogP contribution is -2.13. The van der Waals surface area contributed by atoms with Gasteiger partial charge in [0.05, 0.1) is 0 Å². The van der Waals surface area contributed by atoms with Crippen molar-refractivity contribution < 1.29 is 18.0 Å². The predicted octanol–water partition coefficient (Wildman–Crippen LogP) is 2.92. The normalized spacial score (nSPS) is 10.7. The summed E-state index contributed by atoms with van der Waals surface area (Å²) >= 11 is 0. The molecule has 8 heteroatoms. The molecule has 2 aromatic carbocycles. The Labute approximate surface area is 141 Å². The molecule has 0 aliphatic carbocycles. The van der Waals surface area contributed by atoms with Crippen molar-refractivity contribution in [3.05, 3.63) is 65.4 Å². The van der Waals surface area contributed by atoms with E-state index in [-0.39, 0.29) is 17.5 Å². The molecule has 0 spiro atoms. The number of carbonyl (C=O) groups excluding carboxylic acids is 1. The van der Waals surface area contributed by atoms with E-state index in [9.17, 15) is 13.6 Å². The van der Waals surface area contributed by atoms with E-state index in [1.165, 1.54) is 6.07 Å². The van der Waals surface area contributed by atoms with E-state index in [1.54, 1.807) is 24.3 Å². The Kier molecular flexibility index (Phi) is 4.44. The van der Waals surface area contributed by atoms with Gasteiger partial charge in [0.1, 0.15) is 17.2 Å². The van der Waals surface area contributed by atoms with Gasteiger partial charge >= 0.3 is 0 Å². The summed E-state index contributed by atoms with van der Waals surface area (Å²) in [6, 6.07) is 10.3. The monoisotopic (exact) mass is 344 g/mol. The molecule has 0 bridgehead atoms. The third-order valence-electron chi connectivity index (χ3n) is 3.48. The Bertz CT molecular complexity index is 903. The van der Waals surface area contributed by atoms with Gasteiger partial charge in [0, 0.05) is 12.2 Å². The molecule has 128 valence electrons. The fraction of sp³-hybridized carbons (Fsp3) is 0.0588. The zero-order valence-electron chi connectivity index (χ0n) is 12.9. The molecule has 1 heterocycles. The van der Waals surface area contributed by atoms with E-state index in [0.29, 0.717) is 12.2 Å². The van der Waals surface area contributed by atoms with E-state index < -0.39 is 23.1 Å². The second-order valence-corrected chi connectivity index (χ2v) is 5.18. The molecule has 0 radical (unpaired) electrons. The van der Waals surface area contributed by atoms with E-state index >= 15 is 0 Å². The van der Waals surface area contributed by atoms with Crippen LogP contribution in [-0.4, -0.2) is 10.9 Å². The van der Waals surface area contributed by atoms with E-state index in [1.807, 2.05) is 0 Å². The first kappa shape index (κ1) is 16.6. The van der Waals surface area contributed by atoms with Crippen molar-refractivity contribution >= 4 is 17.5 Å². The molecule has 0 aliphatic heterocycles. The second-order valence-electron chi connectivity index (χ2n) is 5.18. The molecular formula is C17H14F2N4O2. The maximum Gasteiger partial charge on any atom is 0.273 e. The van der Waals surface area contributed by atoms with Crippen LogP contribution in [0.15, 0.2) is 46.9 Å². The zero-order valence-corrected chi connectivity index (χ0v) is 12.9. The number of hydrogen-bond acceptors (Lipinski definition) is 5. The topological polar surface area (TPSA) is 107 Å². The molecule has 0 fully saturated rings. The van der Waals surface area contributed by atoms with Crippen LogP contribution in [-0.2, 0) is 6.54 Å². The van der Waals surface area contributed by atoms with Crippen LogP contribution in [0.1, 0.15) is 16.1 Å². The molecule has 1 amide bonds. The van der Waals surface area contributed by atoms with Gasteiger partial charge in [-0.05, 0) is 29.8 Å². The van der Waals surface area contributed by atoms with Crippen molar-refractivity contribution in [1.29, 1.82) is 0 Å². The van der Waals surface area contributed by atoms with Crippen molar-refractivity contribution in [3.8, 4) is 11.5 Å². The fourth-order valence-electron chi connectivity index (χ4n) is 2.24. The average Bonchev–Trinajstić information content (AvgIpc) is 2.99. The standard InChI is InChI=1S/C17H14F2N4O2/c18-11-2-1-3-12(19)13(11)16-23-14(15(21)24)17(25-16)22-10-6-4-9(8-20)5-7-10/h1-7,22H,8,20H2,(H2,21,24).